The second kappa shape index (κ2) is 10.8. The molecule has 0 radical (unpaired) electrons. The van der Waals surface area contributed by atoms with Gasteiger partial charge in [0, 0.05) is 50.8 Å². The molecule has 2 N–H and O–H groups in total. The molecule has 4 aromatic rings. The van der Waals surface area contributed by atoms with E-state index in [1.165, 1.54) is 21.5 Å². The Balaban J connectivity index is 1.60. The van der Waals surface area contributed by atoms with Crippen LogP contribution in [0.3, 0.4) is 0 Å². The number of rotatable bonds is 8. The van der Waals surface area contributed by atoms with Gasteiger partial charge in [0.15, 0.2) is 0 Å². The van der Waals surface area contributed by atoms with Crippen molar-refractivity contribution in [2.45, 2.75) is 46.7 Å². The molecular weight excluding hydrogens is 484 g/mol. The molecule has 0 aliphatic heterocycles. The number of hydrogen-bond acceptors (Lipinski definition) is 9. The van der Waals surface area contributed by atoms with Crippen LogP contribution in [0, 0.1) is 6.92 Å². The lowest BCUT2D eigenvalue weighted by Crippen LogP contribution is -2.25. The highest BCUT2D eigenvalue weighted by Crippen LogP contribution is 2.28. The third-order valence-electron chi connectivity index (χ3n) is 5.72. The molecule has 38 heavy (non-hydrogen) atoms. The van der Waals surface area contributed by atoms with Gasteiger partial charge in [0.2, 0.25) is 11.9 Å². The minimum absolute atomic E-state index is 0.137. The van der Waals surface area contributed by atoms with Gasteiger partial charge in [-0.15, -0.1) is 0 Å². The van der Waals surface area contributed by atoms with Gasteiger partial charge in [0.1, 0.15) is 11.5 Å². The van der Waals surface area contributed by atoms with E-state index in [9.17, 15) is 9.59 Å². The fourth-order valence-electron chi connectivity index (χ4n) is 3.78. The first-order valence-corrected chi connectivity index (χ1v) is 12.3. The van der Waals surface area contributed by atoms with Crippen molar-refractivity contribution in [2.75, 3.05) is 10.6 Å². The summed E-state index contributed by atoms with van der Waals surface area (Å²) in [6.07, 6.45) is 4.61. The van der Waals surface area contributed by atoms with Crippen LogP contribution in [0.5, 0.6) is 11.5 Å². The third-order valence-corrected chi connectivity index (χ3v) is 5.72. The molecule has 4 rings (SSSR count). The van der Waals surface area contributed by atoms with Crippen LogP contribution >= 0.6 is 0 Å². The summed E-state index contributed by atoms with van der Waals surface area (Å²) < 4.78 is 9.00. The van der Waals surface area contributed by atoms with Crippen LogP contribution in [0.25, 0.3) is 22.5 Å². The highest BCUT2D eigenvalue weighted by atomic mass is 16.5. The van der Waals surface area contributed by atoms with Gasteiger partial charge in [-0.25, -0.2) is 15.0 Å². The number of pyridine rings is 2. The average molecular weight is 517 g/mol. The maximum absolute atomic E-state index is 12.9. The second-order valence-corrected chi connectivity index (χ2v) is 9.58. The topological polar surface area (TPSA) is 129 Å². The molecule has 0 amide bonds. The van der Waals surface area contributed by atoms with E-state index >= 15 is 0 Å². The molecule has 0 bridgehead atoms. The summed E-state index contributed by atoms with van der Waals surface area (Å²) in [5.41, 5.74) is 1.86. The van der Waals surface area contributed by atoms with Gasteiger partial charge in [-0.2, -0.15) is 0 Å². The lowest BCUT2D eigenvalue weighted by Gasteiger charge is -2.14. The first-order valence-electron chi connectivity index (χ1n) is 12.3. The summed E-state index contributed by atoms with van der Waals surface area (Å²) in [5, 5.41) is 6.30. The Hall–Kier alpha value is -4.54. The molecule has 0 aromatic carbocycles. The van der Waals surface area contributed by atoms with Crippen LogP contribution in [0.4, 0.5) is 11.9 Å². The van der Waals surface area contributed by atoms with Gasteiger partial charge in [0.05, 0.1) is 28.2 Å². The summed E-state index contributed by atoms with van der Waals surface area (Å²) >= 11 is 0. The van der Waals surface area contributed by atoms with Gasteiger partial charge in [0.25, 0.3) is 11.1 Å². The maximum atomic E-state index is 12.9. The highest BCUT2D eigenvalue weighted by molar-refractivity contribution is 5.61. The van der Waals surface area contributed by atoms with Crippen molar-refractivity contribution in [3.63, 3.8) is 0 Å². The average Bonchev–Trinajstić information content (AvgIpc) is 2.86. The number of aromatic nitrogens is 6. The van der Waals surface area contributed by atoms with E-state index in [0.717, 1.165) is 0 Å². The summed E-state index contributed by atoms with van der Waals surface area (Å²) in [6.45, 7) is 9.71. The van der Waals surface area contributed by atoms with Crippen LogP contribution in [0.15, 0.2) is 52.4 Å². The van der Waals surface area contributed by atoms with E-state index in [0.29, 0.717) is 51.6 Å². The van der Waals surface area contributed by atoms with Crippen molar-refractivity contribution < 1.29 is 4.74 Å². The normalized spacial score (nSPS) is 11.2. The van der Waals surface area contributed by atoms with Crippen LogP contribution in [-0.4, -0.2) is 41.2 Å². The summed E-state index contributed by atoms with van der Waals surface area (Å²) in [7, 11) is 3.34. The molecule has 0 saturated heterocycles. The van der Waals surface area contributed by atoms with E-state index in [2.05, 4.69) is 30.6 Å². The van der Waals surface area contributed by atoms with Crippen molar-refractivity contribution in [1.29, 1.82) is 0 Å². The maximum Gasteiger partial charge on any atom is 0.264 e. The third kappa shape index (κ3) is 5.56. The zero-order valence-electron chi connectivity index (χ0n) is 22.6. The van der Waals surface area contributed by atoms with Crippen LogP contribution in [0.1, 0.15) is 33.4 Å². The van der Waals surface area contributed by atoms with E-state index in [1.54, 1.807) is 51.5 Å². The molecule has 4 aromatic heterocycles. The summed E-state index contributed by atoms with van der Waals surface area (Å²) in [6, 6.07) is 7.14. The Morgan fingerprint density at radius 2 is 1.34 bits per heavy atom. The fourth-order valence-corrected chi connectivity index (χ4v) is 3.78. The number of aryl methyl sites for hydroxylation is 1. The smallest absolute Gasteiger partial charge is 0.264 e. The summed E-state index contributed by atoms with van der Waals surface area (Å²) in [4.78, 5) is 43.6. The number of nitrogens with zero attached hydrogens (tertiary/aromatic N) is 6. The molecule has 11 heteroatoms. The van der Waals surface area contributed by atoms with Crippen LogP contribution in [-0.2, 0) is 14.1 Å². The number of nitrogens with one attached hydrogen (secondary N) is 2. The zero-order valence-corrected chi connectivity index (χ0v) is 22.6. The number of ether oxygens (including phenoxy) is 1. The molecule has 0 spiro atoms. The highest BCUT2D eigenvalue weighted by Gasteiger charge is 2.15. The van der Waals surface area contributed by atoms with E-state index in [1.807, 2.05) is 27.7 Å². The lowest BCUT2D eigenvalue weighted by molar-refractivity contribution is 0.475. The van der Waals surface area contributed by atoms with Crippen molar-refractivity contribution in [1.82, 2.24) is 29.1 Å². The molecule has 0 aliphatic carbocycles. The molecule has 4 heterocycles. The molecule has 0 saturated carbocycles. The van der Waals surface area contributed by atoms with Crippen molar-refractivity contribution in [3.8, 4) is 34.0 Å². The molecule has 11 nitrogen and oxygen atoms in total. The molecular formula is C27H32N8O3. The predicted octanol–water partition coefficient (Wildman–Crippen LogP) is 3.74. The first kappa shape index (κ1) is 26.5. The molecule has 198 valence electrons. The Morgan fingerprint density at radius 1 is 0.789 bits per heavy atom. The van der Waals surface area contributed by atoms with E-state index in [4.69, 9.17) is 4.74 Å². The SMILES string of the molecule is Cc1nc(-c2cnc(NC(C)C)n(C)c2=O)ccc1Oc1ccnc(-c2cnc(NC(C)C)n(C)c2=O)c1. The Labute approximate surface area is 220 Å². The quantitative estimate of drug-likeness (QED) is 0.360. The monoisotopic (exact) mass is 516 g/mol. The van der Waals surface area contributed by atoms with E-state index < -0.39 is 0 Å². The van der Waals surface area contributed by atoms with Crippen molar-refractivity contribution in [3.05, 3.63) is 69.3 Å². The summed E-state index contributed by atoms with van der Waals surface area (Å²) in [5.74, 6) is 1.98. The van der Waals surface area contributed by atoms with Crippen LogP contribution in [0.2, 0.25) is 0 Å². The fraction of sp³-hybridized carbons (Fsp3) is 0.333. The molecule has 0 atom stereocenters. The molecule has 0 aliphatic rings. The largest absolute Gasteiger partial charge is 0.455 e. The Bertz CT molecular complexity index is 1590. The molecule has 0 unspecified atom stereocenters. The minimum Gasteiger partial charge on any atom is -0.455 e. The van der Waals surface area contributed by atoms with Crippen LogP contribution < -0.4 is 26.5 Å². The lowest BCUT2D eigenvalue weighted by atomic mass is 10.2. The van der Waals surface area contributed by atoms with Gasteiger partial charge < -0.3 is 15.4 Å². The Morgan fingerprint density at radius 3 is 1.87 bits per heavy atom. The van der Waals surface area contributed by atoms with E-state index in [-0.39, 0.29) is 23.2 Å². The Kier molecular flexibility index (Phi) is 7.56. The van der Waals surface area contributed by atoms with Gasteiger partial charge in [-0.1, -0.05) is 0 Å². The van der Waals surface area contributed by atoms with Gasteiger partial charge in [-0.3, -0.25) is 23.7 Å². The van der Waals surface area contributed by atoms with Crippen molar-refractivity contribution in [2.24, 2.45) is 14.1 Å². The van der Waals surface area contributed by atoms with Crippen molar-refractivity contribution >= 4 is 11.9 Å². The van der Waals surface area contributed by atoms with Gasteiger partial charge >= 0.3 is 0 Å². The zero-order chi connectivity index (χ0) is 27.6. The predicted molar refractivity (Wildman–Crippen MR) is 148 cm³/mol. The minimum atomic E-state index is -0.222. The van der Waals surface area contributed by atoms with Gasteiger partial charge in [-0.05, 0) is 52.8 Å². The second-order valence-electron chi connectivity index (χ2n) is 9.58. The molecule has 0 fully saturated rings. The number of anilines is 2. The number of hydrogen-bond donors (Lipinski definition) is 2. The first-order chi connectivity index (χ1) is 18.0. The standard InChI is InChI=1S/C27H32N8O3/c1-15(2)31-26-29-13-19(24(36)34(26)6)21-8-9-23(17(5)33-21)38-18-10-11-28-22(12-18)20-14-30-27(32-16(3)4)35(7)25(20)37/h8-16H,1-7H3,(H,29,31)(H,30,32).